The summed E-state index contributed by atoms with van der Waals surface area (Å²) in [7, 11) is 0. The molecule has 5 nitrogen and oxygen atoms in total. The number of aromatic nitrogens is 2. The second-order valence-corrected chi connectivity index (χ2v) is 3.71. The molecule has 80 valence electrons. The Balaban J connectivity index is 2.23. The minimum atomic E-state index is -0.396. The van der Waals surface area contributed by atoms with Crippen LogP contribution in [0, 0.1) is 0 Å². The van der Waals surface area contributed by atoms with Gasteiger partial charge in [0.1, 0.15) is 11.6 Å². The summed E-state index contributed by atoms with van der Waals surface area (Å²) in [5, 5.41) is 0. The number of nitrogens with zero attached hydrogens (tertiary/aromatic N) is 2. The Labute approximate surface area is 87.7 Å². The highest BCUT2D eigenvalue weighted by Crippen LogP contribution is 2.35. The zero-order valence-corrected chi connectivity index (χ0v) is 8.56. The average molecular weight is 207 g/mol. The molecule has 1 aliphatic rings. The van der Waals surface area contributed by atoms with Crippen molar-refractivity contribution in [3.8, 4) is 5.88 Å². The topological polar surface area (TPSA) is 78.1 Å². The van der Waals surface area contributed by atoms with Gasteiger partial charge in [-0.05, 0) is 12.8 Å². The quantitative estimate of drug-likeness (QED) is 0.738. The lowest BCUT2D eigenvalue weighted by Gasteiger charge is -2.23. The molecule has 1 saturated carbocycles. The summed E-state index contributed by atoms with van der Waals surface area (Å²) in [6.07, 6.45) is 3.37. The molecule has 0 amide bonds. The fraction of sp³-hybridized carbons (Fsp3) is 0.500. The van der Waals surface area contributed by atoms with E-state index in [0.717, 1.165) is 12.8 Å². The Morgan fingerprint density at radius 3 is 2.80 bits per heavy atom. The van der Waals surface area contributed by atoms with Crippen LogP contribution in [0.5, 0.6) is 5.88 Å². The van der Waals surface area contributed by atoms with Gasteiger partial charge in [0, 0.05) is 18.9 Å². The lowest BCUT2D eigenvalue weighted by molar-refractivity contribution is -0.132. The van der Waals surface area contributed by atoms with E-state index in [1.54, 1.807) is 0 Å². The summed E-state index contributed by atoms with van der Waals surface area (Å²) in [6, 6.07) is 1.46. The molecule has 1 aromatic heterocycles. The average Bonchev–Trinajstić information content (AvgIpc) is 1.96. The van der Waals surface area contributed by atoms with Gasteiger partial charge in [0.25, 0.3) is 0 Å². The molecule has 1 fully saturated rings. The molecule has 1 heterocycles. The largest absolute Gasteiger partial charge is 0.407 e. The minimum Gasteiger partial charge on any atom is -0.407 e. The first kappa shape index (κ1) is 9.89. The number of hydrogen-bond acceptors (Lipinski definition) is 5. The van der Waals surface area contributed by atoms with Crippen LogP contribution >= 0.6 is 0 Å². The third-order valence-corrected chi connectivity index (χ3v) is 2.46. The normalized spacial score (nSPS) is 15.8. The standard InChI is InChI=1S/C10H13N3O2/c1-6(14)15-9-5-8(11)12-10(13-9)7-3-2-4-7/h5,7H,2-4H2,1H3,(H2,11,12,13). The molecule has 0 aliphatic heterocycles. The number of nitrogen functional groups attached to an aromatic ring is 1. The van der Waals surface area contributed by atoms with Crippen molar-refractivity contribution in [2.45, 2.75) is 32.1 Å². The summed E-state index contributed by atoms with van der Waals surface area (Å²) in [5.74, 6) is 1.27. The lowest BCUT2D eigenvalue weighted by atomic mass is 9.85. The number of carbonyl (C=O) groups excluding carboxylic acids is 1. The van der Waals surface area contributed by atoms with Crippen molar-refractivity contribution in [3.63, 3.8) is 0 Å². The highest BCUT2D eigenvalue weighted by atomic mass is 16.5. The van der Waals surface area contributed by atoms with E-state index in [-0.39, 0.29) is 5.88 Å². The molecule has 2 N–H and O–H groups in total. The molecule has 0 unspecified atom stereocenters. The number of nitrogens with two attached hydrogens (primary N) is 1. The van der Waals surface area contributed by atoms with Crippen molar-refractivity contribution in [1.82, 2.24) is 9.97 Å². The second-order valence-electron chi connectivity index (χ2n) is 3.71. The number of hydrogen-bond donors (Lipinski definition) is 1. The van der Waals surface area contributed by atoms with Crippen molar-refractivity contribution in [2.75, 3.05) is 5.73 Å². The molecular weight excluding hydrogens is 194 g/mol. The summed E-state index contributed by atoms with van der Waals surface area (Å²) in [5.41, 5.74) is 5.61. The third kappa shape index (κ3) is 2.23. The van der Waals surface area contributed by atoms with E-state index in [0.29, 0.717) is 17.6 Å². The molecular formula is C10H13N3O2. The van der Waals surface area contributed by atoms with Crippen LogP contribution in [0.25, 0.3) is 0 Å². The highest BCUT2D eigenvalue weighted by molar-refractivity contribution is 5.68. The molecule has 15 heavy (non-hydrogen) atoms. The first-order chi connectivity index (χ1) is 7.15. The molecule has 0 atom stereocenters. The zero-order valence-electron chi connectivity index (χ0n) is 8.56. The van der Waals surface area contributed by atoms with Crippen molar-refractivity contribution in [2.24, 2.45) is 0 Å². The van der Waals surface area contributed by atoms with E-state index in [2.05, 4.69) is 9.97 Å². The maximum atomic E-state index is 10.8. The molecule has 0 bridgehead atoms. The molecule has 1 aliphatic carbocycles. The number of rotatable bonds is 2. The summed E-state index contributed by atoms with van der Waals surface area (Å²) < 4.78 is 4.88. The molecule has 0 spiro atoms. The Morgan fingerprint density at radius 1 is 1.53 bits per heavy atom. The van der Waals surface area contributed by atoms with Gasteiger partial charge in [0.15, 0.2) is 0 Å². The predicted molar refractivity (Wildman–Crippen MR) is 54.3 cm³/mol. The van der Waals surface area contributed by atoms with Crippen LogP contribution in [0.2, 0.25) is 0 Å². The van der Waals surface area contributed by atoms with E-state index in [1.165, 1.54) is 19.4 Å². The predicted octanol–water partition coefficient (Wildman–Crippen LogP) is 1.25. The first-order valence-electron chi connectivity index (χ1n) is 4.98. The number of ether oxygens (including phenoxy) is 1. The Bertz CT molecular complexity index is 388. The van der Waals surface area contributed by atoms with Gasteiger partial charge >= 0.3 is 5.97 Å². The maximum absolute atomic E-state index is 10.8. The van der Waals surface area contributed by atoms with E-state index >= 15 is 0 Å². The van der Waals surface area contributed by atoms with Crippen LogP contribution in [0.1, 0.15) is 37.9 Å². The number of esters is 1. The van der Waals surface area contributed by atoms with Gasteiger partial charge in [-0.25, -0.2) is 4.98 Å². The highest BCUT2D eigenvalue weighted by Gasteiger charge is 2.23. The SMILES string of the molecule is CC(=O)Oc1cc(N)nc(C2CCC2)n1. The summed E-state index contributed by atoms with van der Waals surface area (Å²) in [6.45, 7) is 1.33. The van der Waals surface area contributed by atoms with Crippen LogP contribution in [-0.4, -0.2) is 15.9 Å². The lowest BCUT2D eigenvalue weighted by Crippen LogP contribution is -2.15. The number of carbonyl (C=O) groups is 1. The molecule has 1 aromatic rings. The van der Waals surface area contributed by atoms with E-state index in [1.807, 2.05) is 0 Å². The van der Waals surface area contributed by atoms with Gasteiger partial charge in [-0.2, -0.15) is 4.98 Å². The number of anilines is 1. The van der Waals surface area contributed by atoms with Gasteiger partial charge in [0.05, 0.1) is 0 Å². The van der Waals surface area contributed by atoms with Gasteiger partial charge in [0.2, 0.25) is 5.88 Å². The summed E-state index contributed by atoms with van der Waals surface area (Å²) >= 11 is 0. The Kier molecular flexibility index (Phi) is 2.53. The van der Waals surface area contributed by atoms with Crippen LogP contribution < -0.4 is 10.5 Å². The zero-order chi connectivity index (χ0) is 10.8. The van der Waals surface area contributed by atoms with Gasteiger partial charge in [-0.1, -0.05) is 6.42 Å². The third-order valence-electron chi connectivity index (χ3n) is 2.46. The molecule has 0 aromatic carbocycles. The van der Waals surface area contributed by atoms with Crippen LogP contribution in [-0.2, 0) is 4.79 Å². The van der Waals surface area contributed by atoms with Crippen molar-refractivity contribution in [3.05, 3.63) is 11.9 Å². The van der Waals surface area contributed by atoms with Crippen molar-refractivity contribution in [1.29, 1.82) is 0 Å². The van der Waals surface area contributed by atoms with E-state index in [4.69, 9.17) is 10.5 Å². The molecule has 5 heteroatoms. The maximum Gasteiger partial charge on any atom is 0.309 e. The van der Waals surface area contributed by atoms with Crippen molar-refractivity contribution < 1.29 is 9.53 Å². The molecule has 2 rings (SSSR count). The van der Waals surface area contributed by atoms with Crippen molar-refractivity contribution >= 4 is 11.8 Å². The van der Waals surface area contributed by atoms with Gasteiger partial charge in [-0.3, -0.25) is 4.79 Å². The summed E-state index contributed by atoms with van der Waals surface area (Å²) in [4.78, 5) is 19.1. The first-order valence-corrected chi connectivity index (χ1v) is 4.98. The van der Waals surface area contributed by atoms with E-state index < -0.39 is 5.97 Å². The minimum absolute atomic E-state index is 0.247. The molecule has 0 saturated heterocycles. The molecule has 0 radical (unpaired) electrons. The van der Waals surface area contributed by atoms with Gasteiger partial charge in [-0.15, -0.1) is 0 Å². The second kappa shape index (κ2) is 3.84. The van der Waals surface area contributed by atoms with Gasteiger partial charge < -0.3 is 10.5 Å². The monoisotopic (exact) mass is 207 g/mol. The Morgan fingerprint density at radius 2 is 2.27 bits per heavy atom. The van der Waals surface area contributed by atoms with Crippen LogP contribution in [0.4, 0.5) is 5.82 Å². The van der Waals surface area contributed by atoms with Crippen LogP contribution in [0.15, 0.2) is 6.07 Å². The smallest absolute Gasteiger partial charge is 0.309 e. The Hall–Kier alpha value is -1.65. The van der Waals surface area contributed by atoms with Crippen LogP contribution in [0.3, 0.4) is 0 Å². The fourth-order valence-corrected chi connectivity index (χ4v) is 1.51. The van der Waals surface area contributed by atoms with E-state index in [9.17, 15) is 4.79 Å². The fourth-order valence-electron chi connectivity index (χ4n) is 1.51.